The molecule has 0 amide bonds. The van der Waals surface area contributed by atoms with Crippen LogP contribution in [0, 0.1) is 34.5 Å². The normalized spacial score (nSPS) is 63.2. The fourth-order valence-corrected chi connectivity index (χ4v) is 10.7. The number of aliphatic hydroxyl groups excluding tert-OH is 3. The minimum atomic E-state index is -1.75. The fraction of sp³-hybridized carbons (Fsp3) is 1.00. The number of hydrogen-bond acceptors (Lipinski definition) is 9. The Labute approximate surface area is 194 Å². The van der Waals surface area contributed by atoms with Crippen molar-refractivity contribution in [3.63, 3.8) is 0 Å². The SMILES string of the molecule is CCN1C[C@]2(COC)CC[C@H](O)[C@@]34C5C6[C@@H](O)[C@@H]([C@@H](OC)C[C@]6(O)[C@](O)([C@@H](OC)C23)[C@@H]14)[C@H]5O. The van der Waals surface area contributed by atoms with Crippen LogP contribution in [-0.2, 0) is 14.2 Å². The predicted octanol–water partition coefficient (Wildman–Crippen LogP) is -1.41. The Morgan fingerprint density at radius 3 is 2.30 bits per heavy atom. The van der Waals surface area contributed by atoms with Gasteiger partial charge in [0, 0.05) is 68.8 Å². The third-order valence-electron chi connectivity index (χ3n) is 11.3. The van der Waals surface area contributed by atoms with Crippen LogP contribution in [0.2, 0.25) is 0 Å². The Morgan fingerprint density at radius 1 is 1.00 bits per heavy atom. The standard InChI is InChI=1S/C24H39NO8/c1-5-25-9-21(10-31-2)7-6-12(26)23-15-14-16(27)13(17(15)28)11(32-3)8-22(14,29)24(30,20(23)25)19(33-4)18(21)23/h11-20,26-30H,5-10H2,1-4H3/t11-,12-,13+,14?,15?,16-,17+,18?,19-,20-,21-,22+,23+,24-/m0/s1. The number of methoxy groups -OCH3 is 3. The summed E-state index contributed by atoms with van der Waals surface area (Å²) in [5.74, 6) is -2.29. The first-order valence-corrected chi connectivity index (χ1v) is 12.4. The zero-order valence-electron chi connectivity index (χ0n) is 19.9. The summed E-state index contributed by atoms with van der Waals surface area (Å²) < 4.78 is 17.5. The molecule has 14 atom stereocenters. The largest absolute Gasteiger partial charge is 0.392 e. The molecule has 5 N–H and O–H groups in total. The van der Waals surface area contributed by atoms with Crippen molar-refractivity contribution < 1.29 is 39.7 Å². The highest BCUT2D eigenvalue weighted by Gasteiger charge is 2.92. The molecule has 188 valence electrons. The van der Waals surface area contributed by atoms with Crippen LogP contribution < -0.4 is 0 Å². The molecule has 5 aliphatic carbocycles. The molecule has 1 spiro atoms. The maximum Gasteiger partial charge on any atom is 0.136 e. The fourth-order valence-electron chi connectivity index (χ4n) is 10.7. The Hall–Kier alpha value is -0.360. The molecule has 9 nitrogen and oxygen atoms in total. The number of aliphatic hydroxyl groups is 5. The van der Waals surface area contributed by atoms with E-state index in [0.29, 0.717) is 32.5 Å². The van der Waals surface area contributed by atoms with Gasteiger partial charge in [-0.3, -0.25) is 4.90 Å². The van der Waals surface area contributed by atoms with Crippen LogP contribution in [0.1, 0.15) is 26.2 Å². The van der Waals surface area contributed by atoms with Crippen LogP contribution in [0.4, 0.5) is 0 Å². The first-order chi connectivity index (χ1) is 15.7. The summed E-state index contributed by atoms with van der Waals surface area (Å²) in [6, 6.07) is -0.618. The quantitative estimate of drug-likeness (QED) is 0.329. The average Bonchev–Trinajstić information content (AvgIpc) is 3.09. The van der Waals surface area contributed by atoms with Gasteiger partial charge in [-0.15, -0.1) is 0 Å². The Kier molecular flexibility index (Phi) is 4.82. The summed E-state index contributed by atoms with van der Waals surface area (Å²) in [6.45, 7) is 3.73. The zero-order chi connectivity index (χ0) is 23.7. The molecule has 0 radical (unpaired) electrons. The van der Waals surface area contributed by atoms with Gasteiger partial charge in [-0.2, -0.15) is 0 Å². The van der Waals surface area contributed by atoms with E-state index in [0.717, 1.165) is 0 Å². The second-order valence-corrected chi connectivity index (χ2v) is 11.8. The van der Waals surface area contributed by atoms with Crippen molar-refractivity contribution >= 4 is 0 Å². The molecule has 0 aromatic carbocycles. The first kappa shape index (κ1) is 23.1. The van der Waals surface area contributed by atoms with Gasteiger partial charge in [-0.05, 0) is 19.4 Å². The third-order valence-corrected chi connectivity index (χ3v) is 11.3. The van der Waals surface area contributed by atoms with Gasteiger partial charge in [-0.25, -0.2) is 0 Å². The lowest BCUT2D eigenvalue weighted by molar-refractivity contribution is -0.319. The summed E-state index contributed by atoms with van der Waals surface area (Å²) in [5.41, 5.74) is -4.85. The van der Waals surface area contributed by atoms with Crippen LogP contribution in [-0.4, -0.2) is 119 Å². The van der Waals surface area contributed by atoms with Crippen molar-refractivity contribution in [2.24, 2.45) is 34.5 Å². The maximum absolute atomic E-state index is 12.8. The summed E-state index contributed by atoms with van der Waals surface area (Å²) in [7, 11) is 4.74. The number of ether oxygens (including phenoxy) is 3. The van der Waals surface area contributed by atoms with Crippen LogP contribution in [0.25, 0.3) is 0 Å². The highest BCUT2D eigenvalue weighted by atomic mass is 16.5. The van der Waals surface area contributed by atoms with Crippen molar-refractivity contribution in [1.82, 2.24) is 4.90 Å². The van der Waals surface area contributed by atoms with Gasteiger partial charge < -0.3 is 39.7 Å². The van der Waals surface area contributed by atoms with E-state index in [2.05, 4.69) is 4.90 Å². The second-order valence-electron chi connectivity index (χ2n) is 11.8. The molecule has 5 saturated carbocycles. The van der Waals surface area contributed by atoms with E-state index >= 15 is 0 Å². The Bertz CT molecular complexity index is 830. The molecule has 1 saturated heterocycles. The van der Waals surface area contributed by atoms with Crippen molar-refractivity contribution in [3.05, 3.63) is 0 Å². The summed E-state index contributed by atoms with van der Waals surface area (Å²) in [5, 5.41) is 60.3. The van der Waals surface area contributed by atoms with Gasteiger partial charge in [0.1, 0.15) is 11.2 Å². The topological polar surface area (TPSA) is 132 Å². The van der Waals surface area contributed by atoms with Gasteiger partial charge in [0.15, 0.2) is 0 Å². The number of rotatable bonds is 5. The molecule has 33 heavy (non-hydrogen) atoms. The van der Waals surface area contributed by atoms with Gasteiger partial charge in [0.05, 0.1) is 43.2 Å². The van der Waals surface area contributed by atoms with E-state index in [-0.39, 0.29) is 12.3 Å². The molecule has 6 aliphatic rings. The maximum atomic E-state index is 12.8. The van der Waals surface area contributed by atoms with E-state index in [9.17, 15) is 25.5 Å². The molecule has 1 aliphatic heterocycles. The summed E-state index contributed by atoms with van der Waals surface area (Å²) in [6.07, 6.45) is -2.91. The number of nitrogens with zero attached hydrogens (tertiary/aromatic N) is 1. The number of hydrogen-bond donors (Lipinski definition) is 5. The lowest BCUT2D eigenvalue weighted by atomic mass is 9.42. The van der Waals surface area contributed by atoms with Gasteiger partial charge >= 0.3 is 0 Å². The van der Waals surface area contributed by atoms with Crippen molar-refractivity contribution in [2.45, 2.75) is 73.9 Å². The number of likely N-dealkylation sites (N-methyl/N-ethyl adjacent to an activating group) is 1. The molecule has 1 heterocycles. The average molecular weight is 470 g/mol. The highest BCUT2D eigenvalue weighted by molar-refractivity contribution is 5.42. The minimum absolute atomic E-state index is 0.101. The van der Waals surface area contributed by atoms with Crippen molar-refractivity contribution in [3.8, 4) is 0 Å². The number of piperidine rings is 1. The van der Waals surface area contributed by atoms with Gasteiger partial charge in [0.2, 0.25) is 0 Å². The predicted molar refractivity (Wildman–Crippen MR) is 115 cm³/mol. The molecular weight excluding hydrogens is 430 g/mol. The highest BCUT2D eigenvalue weighted by Crippen LogP contribution is 2.80. The van der Waals surface area contributed by atoms with Gasteiger partial charge in [-0.1, -0.05) is 6.92 Å². The van der Waals surface area contributed by atoms with Crippen LogP contribution in [0.3, 0.4) is 0 Å². The number of fused-ring (bicyclic) bond motifs is 2. The molecule has 6 fully saturated rings. The van der Waals surface area contributed by atoms with Gasteiger partial charge in [0.25, 0.3) is 0 Å². The molecular formula is C24H39NO8. The smallest absolute Gasteiger partial charge is 0.136 e. The minimum Gasteiger partial charge on any atom is -0.392 e. The molecule has 7 bridgehead atoms. The van der Waals surface area contributed by atoms with Crippen molar-refractivity contribution in [2.75, 3.05) is 41.0 Å². The third kappa shape index (κ3) is 2.12. The molecule has 3 unspecified atom stereocenters. The Morgan fingerprint density at radius 2 is 1.70 bits per heavy atom. The molecule has 6 rings (SSSR count). The van der Waals surface area contributed by atoms with E-state index in [1.165, 1.54) is 7.11 Å². The zero-order valence-corrected chi connectivity index (χ0v) is 19.9. The summed E-state index contributed by atoms with van der Waals surface area (Å²) >= 11 is 0. The van der Waals surface area contributed by atoms with Crippen LogP contribution in [0.5, 0.6) is 0 Å². The Balaban J connectivity index is 1.69. The lowest BCUT2D eigenvalue weighted by Crippen LogP contribution is -2.82. The van der Waals surface area contributed by atoms with E-state index in [1.807, 2.05) is 6.92 Å². The molecule has 0 aromatic rings. The van der Waals surface area contributed by atoms with Crippen molar-refractivity contribution in [1.29, 1.82) is 0 Å². The number of likely N-dealkylation sites (tertiary alicyclic amines) is 1. The van der Waals surface area contributed by atoms with Crippen LogP contribution in [0.15, 0.2) is 0 Å². The van der Waals surface area contributed by atoms with E-state index in [1.54, 1.807) is 14.2 Å². The van der Waals surface area contributed by atoms with E-state index < -0.39 is 76.3 Å². The first-order valence-electron chi connectivity index (χ1n) is 12.4. The molecule has 0 aromatic heterocycles. The van der Waals surface area contributed by atoms with E-state index in [4.69, 9.17) is 14.2 Å². The second kappa shape index (κ2) is 6.89. The molecule has 9 heteroatoms. The van der Waals surface area contributed by atoms with Crippen LogP contribution >= 0.6 is 0 Å². The lowest BCUT2D eigenvalue weighted by Gasteiger charge is -2.69. The summed E-state index contributed by atoms with van der Waals surface area (Å²) in [4.78, 5) is 2.18. The monoisotopic (exact) mass is 469 g/mol.